The Kier molecular flexibility index (Phi) is 3.94. The molecule has 104 valence electrons. The summed E-state index contributed by atoms with van der Waals surface area (Å²) in [6.45, 7) is 0.220. The van der Waals surface area contributed by atoms with Gasteiger partial charge in [-0.25, -0.2) is 4.39 Å². The molecule has 3 N–H and O–H groups in total. The summed E-state index contributed by atoms with van der Waals surface area (Å²) in [6.07, 6.45) is 0. The Morgan fingerprint density at radius 1 is 1.40 bits per heavy atom. The Bertz CT molecular complexity index is 672. The number of rotatable bonds is 5. The van der Waals surface area contributed by atoms with Crippen LogP contribution in [0, 0.1) is 15.9 Å². The van der Waals surface area contributed by atoms with E-state index in [1.54, 1.807) is 6.07 Å². The average Bonchev–Trinajstić information content (AvgIpc) is 2.86. The summed E-state index contributed by atoms with van der Waals surface area (Å²) in [5.74, 6) is -1.18. The summed E-state index contributed by atoms with van der Waals surface area (Å²) in [7, 11) is 0. The highest BCUT2D eigenvalue weighted by molar-refractivity contribution is 7.15. The minimum Gasteiger partial charge on any atom is -0.378 e. The van der Waals surface area contributed by atoms with Gasteiger partial charge in [-0.05, 0) is 24.3 Å². The van der Waals surface area contributed by atoms with Crippen molar-refractivity contribution >= 4 is 27.9 Å². The van der Waals surface area contributed by atoms with Crippen molar-refractivity contribution in [1.82, 2.24) is 0 Å². The van der Waals surface area contributed by atoms with E-state index < -0.39 is 16.6 Å². The van der Waals surface area contributed by atoms with Gasteiger partial charge in [0.2, 0.25) is 5.91 Å². The van der Waals surface area contributed by atoms with Gasteiger partial charge in [0.1, 0.15) is 5.82 Å². The Hall–Kier alpha value is -2.48. The fourth-order valence-corrected chi connectivity index (χ4v) is 2.32. The van der Waals surface area contributed by atoms with Gasteiger partial charge >= 0.3 is 5.00 Å². The highest BCUT2D eigenvalue weighted by atomic mass is 32.1. The number of primary amides is 1. The summed E-state index contributed by atoms with van der Waals surface area (Å²) >= 11 is 1.00. The first-order valence-electron chi connectivity index (χ1n) is 5.53. The monoisotopic (exact) mass is 295 g/mol. The maximum Gasteiger partial charge on any atom is 0.324 e. The molecule has 0 unspecified atom stereocenters. The molecule has 0 aliphatic carbocycles. The first-order valence-corrected chi connectivity index (χ1v) is 6.35. The number of amides is 1. The van der Waals surface area contributed by atoms with Gasteiger partial charge < -0.3 is 11.1 Å². The second kappa shape index (κ2) is 5.66. The number of hydrogen-bond acceptors (Lipinski definition) is 5. The van der Waals surface area contributed by atoms with Crippen LogP contribution in [-0.4, -0.2) is 10.8 Å². The lowest BCUT2D eigenvalue weighted by molar-refractivity contribution is -0.380. The van der Waals surface area contributed by atoms with Gasteiger partial charge in [0.05, 0.1) is 10.6 Å². The van der Waals surface area contributed by atoms with E-state index in [0.717, 1.165) is 17.4 Å². The summed E-state index contributed by atoms with van der Waals surface area (Å²) in [6, 6.07) is 6.71. The molecule has 0 aliphatic rings. The summed E-state index contributed by atoms with van der Waals surface area (Å²) in [5.41, 5.74) is 5.42. The molecule has 0 atom stereocenters. The van der Waals surface area contributed by atoms with E-state index in [0.29, 0.717) is 4.88 Å². The van der Waals surface area contributed by atoms with Crippen molar-refractivity contribution in [2.75, 3.05) is 5.32 Å². The third-order valence-electron chi connectivity index (χ3n) is 2.53. The number of nitro groups is 1. The normalized spacial score (nSPS) is 10.2. The zero-order chi connectivity index (χ0) is 14.7. The molecule has 0 aliphatic heterocycles. The zero-order valence-corrected chi connectivity index (χ0v) is 10.9. The van der Waals surface area contributed by atoms with Crippen molar-refractivity contribution in [1.29, 1.82) is 0 Å². The standard InChI is InChI=1S/C12H10FN3O3S/c13-9-3-1-7(12(14)17)5-10(9)15-6-8-2-4-11(20-8)16(18)19/h1-5,15H,6H2,(H2,14,17). The molecule has 0 bridgehead atoms. The number of anilines is 1. The molecule has 1 aromatic heterocycles. The Morgan fingerprint density at radius 3 is 2.75 bits per heavy atom. The summed E-state index contributed by atoms with van der Waals surface area (Å²) < 4.78 is 13.5. The minimum atomic E-state index is -0.653. The van der Waals surface area contributed by atoms with Crippen LogP contribution in [-0.2, 0) is 6.54 Å². The van der Waals surface area contributed by atoms with Crippen molar-refractivity contribution in [3.05, 3.63) is 56.7 Å². The van der Waals surface area contributed by atoms with E-state index >= 15 is 0 Å². The van der Waals surface area contributed by atoms with Gasteiger partial charge in [-0.15, -0.1) is 0 Å². The van der Waals surface area contributed by atoms with Gasteiger partial charge in [0.25, 0.3) is 0 Å². The molecule has 8 heteroatoms. The number of nitrogens with zero attached hydrogens (tertiary/aromatic N) is 1. The summed E-state index contributed by atoms with van der Waals surface area (Å²) in [5, 5.41) is 13.3. The first-order chi connectivity index (χ1) is 9.47. The minimum absolute atomic E-state index is 0.0214. The van der Waals surface area contributed by atoms with Crippen molar-refractivity contribution in [3.63, 3.8) is 0 Å². The zero-order valence-electron chi connectivity index (χ0n) is 10.1. The lowest BCUT2D eigenvalue weighted by atomic mass is 10.2. The SMILES string of the molecule is NC(=O)c1ccc(F)c(NCc2ccc([N+](=O)[O-])s2)c1. The van der Waals surface area contributed by atoms with Crippen LogP contribution in [0.5, 0.6) is 0 Å². The Balaban J connectivity index is 2.11. The number of benzene rings is 1. The van der Waals surface area contributed by atoms with Gasteiger partial charge in [-0.1, -0.05) is 11.3 Å². The van der Waals surface area contributed by atoms with E-state index in [-0.39, 0.29) is 22.8 Å². The lowest BCUT2D eigenvalue weighted by Gasteiger charge is -2.07. The molecule has 2 rings (SSSR count). The van der Waals surface area contributed by atoms with Crippen LogP contribution < -0.4 is 11.1 Å². The molecule has 2 aromatic rings. The van der Waals surface area contributed by atoms with Crippen molar-refractivity contribution in [3.8, 4) is 0 Å². The Labute approximate surface area is 117 Å². The predicted octanol–water partition coefficient (Wildman–Crippen LogP) is 2.51. The molecular weight excluding hydrogens is 285 g/mol. The smallest absolute Gasteiger partial charge is 0.324 e. The molecule has 1 amide bonds. The highest BCUT2D eigenvalue weighted by Gasteiger charge is 2.11. The predicted molar refractivity (Wildman–Crippen MR) is 73.2 cm³/mol. The second-order valence-corrected chi connectivity index (χ2v) is 5.06. The molecule has 0 saturated heterocycles. The maximum atomic E-state index is 13.5. The third kappa shape index (κ3) is 3.09. The molecule has 1 aromatic carbocycles. The molecule has 0 radical (unpaired) electrons. The van der Waals surface area contributed by atoms with Crippen LogP contribution in [0.25, 0.3) is 0 Å². The van der Waals surface area contributed by atoms with E-state index in [1.165, 1.54) is 18.2 Å². The van der Waals surface area contributed by atoms with Crippen LogP contribution in [0.3, 0.4) is 0 Å². The van der Waals surface area contributed by atoms with E-state index in [4.69, 9.17) is 5.73 Å². The van der Waals surface area contributed by atoms with E-state index in [2.05, 4.69) is 5.32 Å². The molecule has 0 fully saturated rings. The highest BCUT2D eigenvalue weighted by Crippen LogP contribution is 2.25. The van der Waals surface area contributed by atoms with Crippen LogP contribution >= 0.6 is 11.3 Å². The van der Waals surface area contributed by atoms with Crippen molar-refractivity contribution in [2.45, 2.75) is 6.54 Å². The molecular formula is C12H10FN3O3S. The fraction of sp³-hybridized carbons (Fsp3) is 0.0833. The number of nitrogens with one attached hydrogen (secondary N) is 1. The largest absolute Gasteiger partial charge is 0.378 e. The maximum absolute atomic E-state index is 13.5. The van der Waals surface area contributed by atoms with Crippen molar-refractivity contribution in [2.24, 2.45) is 5.73 Å². The van der Waals surface area contributed by atoms with Crippen LogP contribution in [0.1, 0.15) is 15.2 Å². The Morgan fingerprint density at radius 2 is 2.15 bits per heavy atom. The van der Waals surface area contributed by atoms with Gasteiger partial charge in [0, 0.05) is 23.1 Å². The van der Waals surface area contributed by atoms with Gasteiger partial charge in [-0.3, -0.25) is 14.9 Å². The number of thiophene rings is 1. The van der Waals surface area contributed by atoms with Gasteiger partial charge in [-0.2, -0.15) is 0 Å². The van der Waals surface area contributed by atoms with Gasteiger partial charge in [0.15, 0.2) is 0 Å². The fourth-order valence-electron chi connectivity index (χ4n) is 1.56. The average molecular weight is 295 g/mol. The third-order valence-corrected chi connectivity index (χ3v) is 3.57. The summed E-state index contributed by atoms with van der Waals surface area (Å²) in [4.78, 5) is 21.8. The molecule has 1 heterocycles. The second-order valence-electron chi connectivity index (χ2n) is 3.91. The molecule has 0 saturated carbocycles. The number of hydrogen-bond donors (Lipinski definition) is 2. The number of carbonyl (C=O) groups is 1. The number of halogens is 1. The van der Waals surface area contributed by atoms with Crippen LogP contribution in [0.4, 0.5) is 15.1 Å². The van der Waals surface area contributed by atoms with Crippen LogP contribution in [0.2, 0.25) is 0 Å². The molecule has 0 spiro atoms. The topological polar surface area (TPSA) is 98.3 Å². The van der Waals surface area contributed by atoms with Crippen LogP contribution in [0.15, 0.2) is 30.3 Å². The first kappa shape index (κ1) is 13.9. The number of carbonyl (C=O) groups excluding carboxylic acids is 1. The lowest BCUT2D eigenvalue weighted by Crippen LogP contribution is -2.12. The van der Waals surface area contributed by atoms with Crippen molar-refractivity contribution < 1.29 is 14.1 Å². The van der Waals surface area contributed by atoms with E-state index in [1.807, 2.05) is 0 Å². The van der Waals surface area contributed by atoms with E-state index in [9.17, 15) is 19.3 Å². The quantitative estimate of drug-likeness (QED) is 0.654. The molecule has 20 heavy (non-hydrogen) atoms. The molecule has 6 nitrogen and oxygen atoms in total. The number of nitrogens with two attached hydrogens (primary N) is 1.